The number of rotatable bonds is 6. The van der Waals surface area contributed by atoms with Gasteiger partial charge in [-0.25, -0.2) is 8.78 Å². The number of halogens is 2. The lowest BCUT2D eigenvalue weighted by Gasteiger charge is -2.26. The van der Waals surface area contributed by atoms with Gasteiger partial charge in [-0.3, -0.25) is 14.5 Å². The zero-order valence-corrected chi connectivity index (χ0v) is 21.8. The highest BCUT2D eigenvalue weighted by Gasteiger charge is 2.47. The van der Waals surface area contributed by atoms with Gasteiger partial charge in [-0.15, -0.1) is 0 Å². The zero-order chi connectivity index (χ0) is 27.8. The van der Waals surface area contributed by atoms with E-state index < -0.39 is 35.1 Å². The van der Waals surface area contributed by atoms with Gasteiger partial charge in [-0.1, -0.05) is 32.9 Å². The molecule has 1 aliphatic heterocycles. The summed E-state index contributed by atoms with van der Waals surface area (Å²) in [6.07, 6.45) is 0. The standard InChI is InChI=1S/C30H29F2NO5/c1-6-38-20-9-7-8-17(14-20)26-25(27(34)18-10-13-24(37-5)21(15-18)30(2,3)4)28(35)29(36)33(26)19-11-12-22(31)23(32)16-19/h7-16,26,34H,6H2,1-5H3/b27-25+. The maximum Gasteiger partial charge on any atom is 0.300 e. The third-order valence-electron chi connectivity index (χ3n) is 6.39. The molecule has 4 rings (SSSR count). The van der Waals surface area contributed by atoms with Gasteiger partial charge in [0.2, 0.25) is 0 Å². The molecule has 1 aliphatic rings. The summed E-state index contributed by atoms with van der Waals surface area (Å²) < 4.78 is 39.0. The van der Waals surface area contributed by atoms with Crippen molar-refractivity contribution in [1.29, 1.82) is 0 Å². The van der Waals surface area contributed by atoms with Crippen molar-refractivity contribution in [2.45, 2.75) is 39.2 Å². The summed E-state index contributed by atoms with van der Waals surface area (Å²) in [6.45, 7) is 8.15. The molecule has 8 heteroatoms. The van der Waals surface area contributed by atoms with E-state index in [0.29, 0.717) is 29.2 Å². The second-order valence-electron chi connectivity index (χ2n) is 9.94. The highest BCUT2D eigenvalue weighted by Crippen LogP contribution is 2.44. The molecular weight excluding hydrogens is 492 g/mol. The fourth-order valence-electron chi connectivity index (χ4n) is 4.59. The molecule has 0 bridgehead atoms. The number of hydrogen-bond acceptors (Lipinski definition) is 5. The molecule has 6 nitrogen and oxygen atoms in total. The molecule has 1 heterocycles. The van der Waals surface area contributed by atoms with Crippen molar-refractivity contribution in [1.82, 2.24) is 0 Å². The van der Waals surface area contributed by atoms with Gasteiger partial charge < -0.3 is 14.6 Å². The molecule has 3 aromatic carbocycles. The van der Waals surface area contributed by atoms with Crippen LogP contribution in [0.1, 0.15) is 50.4 Å². The van der Waals surface area contributed by atoms with Gasteiger partial charge in [-0.05, 0) is 60.4 Å². The van der Waals surface area contributed by atoms with Crippen LogP contribution in [0.5, 0.6) is 11.5 Å². The molecule has 1 saturated heterocycles. The van der Waals surface area contributed by atoms with Crippen molar-refractivity contribution < 1.29 is 33.0 Å². The van der Waals surface area contributed by atoms with E-state index in [9.17, 15) is 23.5 Å². The lowest BCUT2D eigenvalue weighted by atomic mass is 9.84. The second-order valence-corrected chi connectivity index (χ2v) is 9.94. The Kier molecular flexibility index (Phi) is 7.26. The van der Waals surface area contributed by atoms with Crippen molar-refractivity contribution in [3.8, 4) is 11.5 Å². The topological polar surface area (TPSA) is 76.1 Å². The van der Waals surface area contributed by atoms with E-state index >= 15 is 0 Å². The molecule has 3 aromatic rings. The summed E-state index contributed by atoms with van der Waals surface area (Å²) in [6, 6.07) is 13.6. The second kappa shape index (κ2) is 10.3. The number of nitrogens with zero attached hydrogens (tertiary/aromatic N) is 1. The van der Waals surface area contributed by atoms with Crippen LogP contribution in [0.4, 0.5) is 14.5 Å². The largest absolute Gasteiger partial charge is 0.507 e. The number of hydrogen-bond donors (Lipinski definition) is 1. The number of carbonyl (C=O) groups is 2. The number of ether oxygens (including phenoxy) is 2. The molecule has 198 valence electrons. The monoisotopic (exact) mass is 521 g/mol. The van der Waals surface area contributed by atoms with Crippen molar-refractivity contribution in [3.63, 3.8) is 0 Å². The highest BCUT2D eigenvalue weighted by molar-refractivity contribution is 6.51. The predicted molar refractivity (Wildman–Crippen MR) is 140 cm³/mol. The number of benzene rings is 3. The minimum Gasteiger partial charge on any atom is -0.507 e. The first-order valence-electron chi connectivity index (χ1n) is 12.2. The molecule has 1 atom stereocenters. The maximum absolute atomic E-state index is 14.2. The van der Waals surface area contributed by atoms with Crippen LogP contribution < -0.4 is 14.4 Å². The van der Waals surface area contributed by atoms with Crippen LogP contribution in [0, 0.1) is 11.6 Å². The van der Waals surface area contributed by atoms with E-state index in [1.165, 1.54) is 6.07 Å². The van der Waals surface area contributed by atoms with Crippen LogP contribution >= 0.6 is 0 Å². The van der Waals surface area contributed by atoms with Gasteiger partial charge >= 0.3 is 0 Å². The van der Waals surface area contributed by atoms with Gasteiger partial charge in [0, 0.05) is 22.9 Å². The Balaban J connectivity index is 1.97. The van der Waals surface area contributed by atoms with E-state index in [1.54, 1.807) is 49.6 Å². The molecule has 1 fully saturated rings. The molecule has 0 spiro atoms. The van der Waals surface area contributed by atoms with Gasteiger partial charge in [-0.2, -0.15) is 0 Å². The molecule has 38 heavy (non-hydrogen) atoms. The van der Waals surface area contributed by atoms with Crippen LogP contribution in [-0.4, -0.2) is 30.5 Å². The van der Waals surface area contributed by atoms with Gasteiger partial charge in [0.15, 0.2) is 11.6 Å². The average Bonchev–Trinajstić information content (AvgIpc) is 3.15. The van der Waals surface area contributed by atoms with Crippen LogP contribution in [0.2, 0.25) is 0 Å². The average molecular weight is 522 g/mol. The van der Waals surface area contributed by atoms with Crippen LogP contribution in [0.3, 0.4) is 0 Å². The van der Waals surface area contributed by atoms with Crippen LogP contribution in [0.25, 0.3) is 5.76 Å². The summed E-state index contributed by atoms with van der Waals surface area (Å²) in [7, 11) is 1.54. The smallest absolute Gasteiger partial charge is 0.300 e. The molecule has 1 amide bonds. The number of ketones is 1. The van der Waals surface area contributed by atoms with Crippen molar-refractivity contribution in [3.05, 3.63) is 94.6 Å². The summed E-state index contributed by atoms with van der Waals surface area (Å²) in [5, 5.41) is 11.5. The minimum absolute atomic E-state index is 0.0259. The Morgan fingerprint density at radius 3 is 2.37 bits per heavy atom. The number of amides is 1. The number of anilines is 1. The van der Waals surface area contributed by atoms with Crippen molar-refractivity contribution >= 4 is 23.1 Å². The Bertz CT molecular complexity index is 1440. The number of carbonyl (C=O) groups excluding carboxylic acids is 2. The minimum atomic E-state index is -1.17. The van der Waals surface area contributed by atoms with Gasteiger partial charge in [0.1, 0.15) is 17.3 Å². The van der Waals surface area contributed by atoms with E-state index in [4.69, 9.17) is 9.47 Å². The van der Waals surface area contributed by atoms with Crippen molar-refractivity contribution in [2.75, 3.05) is 18.6 Å². The first kappa shape index (κ1) is 26.9. The molecular formula is C30H29F2NO5. The molecule has 0 aromatic heterocycles. The molecule has 0 aliphatic carbocycles. The van der Waals surface area contributed by atoms with Crippen LogP contribution in [0.15, 0.2) is 66.2 Å². The van der Waals surface area contributed by atoms with E-state index in [2.05, 4.69) is 0 Å². The Morgan fingerprint density at radius 2 is 1.74 bits per heavy atom. The molecule has 0 radical (unpaired) electrons. The number of aliphatic hydroxyl groups excluding tert-OH is 1. The number of methoxy groups -OCH3 is 1. The third kappa shape index (κ3) is 4.86. The zero-order valence-electron chi connectivity index (χ0n) is 21.8. The Labute approximate surface area is 220 Å². The maximum atomic E-state index is 14.2. The Hall–Kier alpha value is -4.20. The normalized spacial score (nSPS) is 17.1. The fraction of sp³-hybridized carbons (Fsp3) is 0.267. The molecule has 1 N–H and O–H groups in total. The highest BCUT2D eigenvalue weighted by atomic mass is 19.2. The van der Waals surface area contributed by atoms with Gasteiger partial charge in [0.05, 0.1) is 25.3 Å². The summed E-state index contributed by atoms with van der Waals surface area (Å²) in [5.41, 5.74) is 0.982. The number of aliphatic hydroxyl groups is 1. The first-order chi connectivity index (χ1) is 18.0. The summed E-state index contributed by atoms with van der Waals surface area (Å²) >= 11 is 0. The van der Waals surface area contributed by atoms with E-state index in [-0.39, 0.29) is 16.7 Å². The van der Waals surface area contributed by atoms with Crippen LogP contribution in [-0.2, 0) is 15.0 Å². The molecule has 1 unspecified atom stereocenters. The fourth-order valence-corrected chi connectivity index (χ4v) is 4.59. The lowest BCUT2D eigenvalue weighted by molar-refractivity contribution is -0.132. The predicted octanol–water partition coefficient (Wildman–Crippen LogP) is 6.30. The van der Waals surface area contributed by atoms with Gasteiger partial charge in [0.25, 0.3) is 11.7 Å². The Morgan fingerprint density at radius 1 is 1.00 bits per heavy atom. The summed E-state index contributed by atoms with van der Waals surface area (Å²) in [4.78, 5) is 27.8. The summed E-state index contributed by atoms with van der Waals surface area (Å²) in [5.74, 6) is -3.49. The lowest BCUT2D eigenvalue weighted by Crippen LogP contribution is -2.29. The third-order valence-corrected chi connectivity index (χ3v) is 6.39. The van der Waals surface area contributed by atoms with Crippen molar-refractivity contribution in [2.24, 2.45) is 0 Å². The SMILES string of the molecule is CCOc1cccc(C2/C(=C(\O)c3ccc(OC)c(C(C)(C)C)c3)C(=O)C(=O)N2c2ccc(F)c(F)c2)c1. The number of Topliss-reactive ketones (excluding diaryl/α,β-unsaturated/α-hetero) is 1. The quantitative estimate of drug-likeness (QED) is 0.234. The van der Waals surface area contributed by atoms with E-state index in [1.807, 2.05) is 27.7 Å². The van der Waals surface area contributed by atoms with E-state index in [0.717, 1.165) is 22.6 Å². The first-order valence-corrected chi connectivity index (χ1v) is 12.2. The molecule has 0 saturated carbocycles.